The van der Waals surface area contributed by atoms with Crippen LogP contribution in [0.1, 0.15) is 12.5 Å². The van der Waals surface area contributed by atoms with Crippen LogP contribution in [0.15, 0.2) is 18.3 Å². The molecule has 0 saturated carbocycles. The van der Waals surface area contributed by atoms with Gasteiger partial charge in [0.05, 0.1) is 6.54 Å². The second-order valence-corrected chi connectivity index (χ2v) is 5.70. The Morgan fingerprint density at radius 2 is 2.08 bits per heavy atom. The number of carbonyl (C=O) groups is 2. The van der Waals surface area contributed by atoms with Gasteiger partial charge in [-0.25, -0.2) is 22.4 Å². The number of aromatic nitrogens is 1. The summed E-state index contributed by atoms with van der Waals surface area (Å²) in [5, 5.41) is 2.64. The van der Waals surface area contributed by atoms with Crippen molar-refractivity contribution in [1.29, 1.82) is 0 Å². The molecule has 0 radical (unpaired) electrons. The third kappa shape index (κ3) is 8.89. The third-order valence-electron chi connectivity index (χ3n) is 2.69. The van der Waals surface area contributed by atoms with Gasteiger partial charge in [-0.2, -0.15) is 0 Å². The van der Waals surface area contributed by atoms with Crippen molar-refractivity contribution >= 4 is 28.3 Å². The Morgan fingerprint density at radius 3 is 2.65 bits per heavy atom. The fourth-order valence-corrected chi connectivity index (χ4v) is 2.06. The molecular weight excluding hydrogens is 381 g/mol. The van der Waals surface area contributed by atoms with E-state index in [1.807, 2.05) is 0 Å². The summed E-state index contributed by atoms with van der Waals surface area (Å²) in [6.45, 7) is 0.953. The van der Waals surface area contributed by atoms with E-state index in [2.05, 4.69) is 19.2 Å². The number of ether oxygens (including phenoxy) is 2. The van der Waals surface area contributed by atoms with Gasteiger partial charge in [0.1, 0.15) is 12.4 Å². The normalized spacial score (nSPS) is 11.8. The number of pyridine rings is 1. The van der Waals surface area contributed by atoms with Crippen molar-refractivity contribution in [2.45, 2.75) is 19.8 Å². The standard InChI is InChI=1S/C13H19N3O8S.Na/c1-9(24-25(19,20)21)23-13(18)16(3)12-10(5-4-6-15-12)8-22-11(17)7-14-2;/h4-6,9,14H,7-8H2,1-3H3,(H,19,20,21);/q;+1/p-1. The van der Waals surface area contributed by atoms with Crippen LogP contribution in [-0.2, 0) is 35.5 Å². The van der Waals surface area contributed by atoms with Gasteiger partial charge in [-0.15, -0.1) is 0 Å². The van der Waals surface area contributed by atoms with Crippen LogP contribution in [0.2, 0.25) is 0 Å². The molecule has 0 bridgehead atoms. The molecule has 0 fully saturated rings. The molecule has 1 unspecified atom stereocenters. The Balaban J connectivity index is 0.00000625. The van der Waals surface area contributed by atoms with Crippen molar-refractivity contribution in [2.24, 2.45) is 0 Å². The quantitative estimate of drug-likeness (QED) is 0.155. The van der Waals surface area contributed by atoms with Crippen molar-refractivity contribution in [2.75, 3.05) is 25.5 Å². The number of hydrogen-bond acceptors (Lipinski definition) is 10. The van der Waals surface area contributed by atoms with Gasteiger partial charge < -0.3 is 19.3 Å². The van der Waals surface area contributed by atoms with E-state index in [1.165, 1.54) is 13.2 Å². The van der Waals surface area contributed by atoms with E-state index in [-0.39, 0.29) is 48.5 Å². The van der Waals surface area contributed by atoms with Crippen molar-refractivity contribution in [3.63, 3.8) is 0 Å². The number of rotatable bonds is 8. The van der Waals surface area contributed by atoms with Gasteiger partial charge in [-0.1, -0.05) is 6.07 Å². The van der Waals surface area contributed by atoms with Crippen molar-refractivity contribution in [3.05, 3.63) is 23.9 Å². The largest absolute Gasteiger partial charge is 1.00 e. The van der Waals surface area contributed by atoms with E-state index in [9.17, 15) is 22.6 Å². The van der Waals surface area contributed by atoms with E-state index < -0.39 is 28.8 Å². The summed E-state index contributed by atoms with van der Waals surface area (Å²) < 4.78 is 45.1. The average Bonchev–Trinajstić information content (AvgIpc) is 2.50. The minimum Gasteiger partial charge on any atom is -0.725 e. The Bertz CT molecular complexity index is 715. The maximum atomic E-state index is 12.0. The summed E-state index contributed by atoms with van der Waals surface area (Å²) in [6, 6.07) is 3.17. The Labute approximate surface area is 173 Å². The maximum absolute atomic E-state index is 12.0. The zero-order chi connectivity index (χ0) is 19.0. The molecule has 11 nitrogen and oxygen atoms in total. The zero-order valence-electron chi connectivity index (χ0n) is 14.8. The summed E-state index contributed by atoms with van der Waals surface area (Å²) in [7, 11) is -2.12. The first kappa shape index (κ1) is 24.7. The van der Waals surface area contributed by atoms with Gasteiger partial charge >= 0.3 is 41.6 Å². The molecule has 0 aliphatic carbocycles. The second-order valence-electron chi connectivity index (χ2n) is 4.69. The van der Waals surface area contributed by atoms with Crippen LogP contribution in [0.3, 0.4) is 0 Å². The van der Waals surface area contributed by atoms with Crippen molar-refractivity contribution < 1.29 is 65.8 Å². The smallest absolute Gasteiger partial charge is 0.725 e. The summed E-state index contributed by atoms with van der Waals surface area (Å²) in [5.74, 6) is -0.368. The van der Waals surface area contributed by atoms with Crippen LogP contribution in [0, 0.1) is 0 Å². The van der Waals surface area contributed by atoms with E-state index in [0.29, 0.717) is 5.56 Å². The molecule has 1 heterocycles. The number of amides is 1. The molecule has 1 amide bonds. The second kappa shape index (κ2) is 11.4. The van der Waals surface area contributed by atoms with Gasteiger partial charge in [0, 0.05) is 18.8 Å². The molecule has 1 aromatic heterocycles. The van der Waals surface area contributed by atoms with Gasteiger partial charge in [0.15, 0.2) is 0 Å². The molecule has 1 N–H and O–H groups in total. The summed E-state index contributed by atoms with van der Waals surface area (Å²) in [4.78, 5) is 28.4. The van der Waals surface area contributed by atoms with E-state index >= 15 is 0 Å². The van der Waals surface area contributed by atoms with Crippen LogP contribution in [0.25, 0.3) is 0 Å². The topological polar surface area (TPSA) is 147 Å². The first-order chi connectivity index (χ1) is 11.6. The molecule has 0 aliphatic rings. The predicted octanol–water partition coefficient (Wildman–Crippen LogP) is -3.26. The number of nitrogens with zero attached hydrogens (tertiary/aromatic N) is 2. The minimum atomic E-state index is -5.02. The molecule has 1 atom stereocenters. The molecule has 0 saturated heterocycles. The van der Waals surface area contributed by atoms with E-state index in [0.717, 1.165) is 11.8 Å². The molecule has 0 aliphatic heterocycles. The molecule has 0 aromatic carbocycles. The van der Waals surface area contributed by atoms with Crippen LogP contribution >= 0.6 is 0 Å². The first-order valence-electron chi connectivity index (χ1n) is 6.96. The van der Waals surface area contributed by atoms with Gasteiger partial charge in [0.25, 0.3) is 0 Å². The number of esters is 1. The molecular formula is C13H18N3NaO8S. The number of carbonyl (C=O) groups excluding carboxylic acids is 2. The summed E-state index contributed by atoms with van der Waals surface area (Å²) in [6.07, 6.45) is -1.23. The molecule has 140 valence electrons. The predicted molar refractivity (Wildman–Crippen MR) is 83.1 cm³/mol. The van der Waals surface area contributed by atoms with Crippen LogP contribution in [0.4, 0.5) is 10.6 Å². The molecule has 1 aromatic rings. The monoisotopic (exact) mass is 399 g/mol. The number of hydrogen-bond donors (Lipinski definition) is 1. The third-order valence-corrected chi connectivity index (χ3v) is 3.20. The number of nitrogens with one attached hydrogen (secondary N) is 1. The summed E-state index contributed by atoms with van der Waals surface area (Å²) >= 11 is 0. The number of anilines is 1. The SMILES string of the molecule is CNCC(=O)OCc1cccnc1N(C)C(=O)OC(C)OS(=O)(=O)[O-].[Na+]. The maximum Gasteiger partial charge on any atom is 1.00 e. The average molecular weight is 399 g/mol. The zero-order valence-corrected chi connectivity index (χ0v) is 17.6. The first-order valence-corrected chi connectivity index (χ1v) is 8.30. The van der Waals surface area contributed by atoms with Crippen molar-refractivity contribution in [3.8, 4) is 0 Å². The fourth-order valence-electron chi connectivity index (χ4n) is 1.69. The molecule has 13 heteroatoms. The van der Waals surface area contributed by atoms with Crippen LogP contribution in [0.5, 0.6) is 0 Å². The molecule has 1 rings (SSSR count). The number of likely N-dealkylation sites (N-methyl/N-ethyl adjacent to an activating group) is 1. The van der Waals surface area contributed by atoms with E-state index in [1.54, 1.807) is 19.2 Å². The van der Waals surface area contributed by atoms with Crippen LogP contribution < -0.4 is 39.8 Å². The Morgan fingerprint density at radius 1 is 1.42 bits per heavy atom. The van der Waals surface area contributed by atoms with Gasteiger partial charge in [-0.05, 0) is 20.0 Å². The Hall–Kier alpha value is -1.28. The molecule has 0 spiro atoms. The van der Waals surface area contributed by atoms with E-state index in [4.69, 9.17) is 4.74 Å². The van der Waals surface area contributed by atoms with Gasteiger partial charge in [-0.3, -0.25) is 9.69 Å². The minimum absolute atomic E-state index is 0. The van der Waals surface area contributed by atoms with Gasteiger partial charge in [0.2, 0.25) is 16.7 Å². The van der Waals surface area contributed by atoms with Crippen molar-refractivity contribution in [1.82, 2.24) is 10.3 Å². The summed E-state index contributed by atoms with van der Waals surface area (Å²) in [5.41, 5.74) is 0.413. The molecule has 26 heavy (non-hydrogen) atoms. The Kier molecular flexibility index (Phi) is 10.9. The van der Waals surface area contributed by atoms with Crippen LogP contribution in [-0.4, -0.2) is 56.9 Å². The fraction of sp³-hybridized carbons (Fsp3) is 0.462.